The van der Waals surface area contributed by atoms with Crippen molar-refractivity contribution >= 4 is 5.91 Å². The minimum atomic E-state index is -4.19. The first-order valence-electron chi connectivity index (χ1n) is 8.78. The summed E-state index contributed by atoms with van der Waals surface area (Å²) in [6, 6.07) is 9.08. The summed E-state index contributed by atoms with van der Waals surface area (Å²) < 4.78 is 44.1. The average molecular weight is 366 g/mol. The number of alkyl halides is 3. The maximum Gasteiger partial charge on any atom is 0.391 e. The molecule has 2 atom stereocenters. The minimum absolute atomic E-state index is 0.0353. The maximum absolute atomic E-state index is 12.8. The van der Waals surface area contributed by atoms with E-state index in [0.717, 1.165) is 5.56 Å². The van der Waals surface area contributed by atoms with E-state index in [1.54, 1.807) is 6.20 Å². The van der Waals surface area contributed by atoms with E-state index >= 15 is 0 Å². The van der Waals surface area contributed by atoms with Gasteiger partial charge in [-0.1, -0.05) is 36.8 Å². The van der Waals surface area contributed by atoms with Gasteiger partial charge in [0, 0.05) is 24.4 Å². The quantitative estimate of drug-likeness (QED) is 0.847. The summed E-state index contributed by atoms with van der Waals surface area (Å²) in [4.78, 5) is 16.2. The lowest BCUT2D eigenvalue weighted by Gasteiger charge is -2.31. The Kier molecular flexibility index (Phi) is 5.64. The van der Waals surface area contributed by atoms with Crippen molar-refractivity contribution in [3.8, 4) is 11.3 Å². The summed E-state index contributed by atoms with van der Waals surface area (Å²) in [5, 5.41) is 2.72. The summed E-state index contributed by atoms with van der Waals surface area (Å²) in [6.07, 6.45) is -0.936. The van der Waals surface area contributed by atoms with Gasteiger partial charge in [0.25, 0.3) is 0 Å². The minimum Gasteiger partial charge on any atom is -0.441 e. The molecule has 0 unspecified atom stereocenters. The molecule has 0 spiro atoms. The van der Waals surface area contributed by atoms with Crippen LogP contribution in [0.1, 0.15) is 38.0 Å². The summed E-state index contributed by atoms with van der Waals surface area (Å²) in [6.45, 7) is 0. The van der Waals surface area contributed by atoms with Crippen molar-refractivity contribution in [2.45, 2.75) is 50.7 Å². The van der Waals surface area contributed by atoms with Crippen LogP contribution in [0.2, 0.25) is 0 Å². The number of rotatable bonds is 5. The Labute approximate surface area is 149 Å². The van der Waals surface area contributed by atoms with Gasteiger partial charge in [0.2, 0.25) is 5.91 Å². The fourth-order valence-corrected chi connectivity index (χ4v) is 3.30. The number of hydrogen-bond acceptors (Lipinski definition) is 3. The van der Waals surface area contributed by atoms with E-state index < -0.39 is 18.1 Å². The molecule has 1 aliphatic rings. The van der Waals surface area contributed by atoms with Crippen LogP contribution < -0.4 is 5.32 Å². The van der Waals surface area contributed by atoms with Gasteiger partial charge in [-0.05, 0) is 19.3 Å². The Morgan fingerprint density at radius 1 is 1.23 bits per heavy atom. The highest BCUT2D eigenvalue weighted by Gasteiger charge is 2.42. The molecule has 1 amide bonds. The lowest BCUT2D eigenvalue weighted by Crippen LogP contribution is -2.41. The molecule has 1 fully saturated rings. The van der Waals surface area contributed by atoms with Gasteiger partial charge < -0.3 is 9.73 Å². The van der Waals surface area contributed by atoms with Crippen LogP contribution in [-0.2, 0) is 11.2 Å². The van der Waals surface area contributed by atoms with Crippen LogP contribution in [0, 0.1) is 5.92 Å². The Morgan fingerprint density at radius 2 is 2.00 bits per heavy atom. The molecule has 7 heteroatoms. The highest BCUT2D eigenvalue weighted by Crippen LogP contribution is 2.37. The second-order valence-electron chi connectivity index (χ2n) is 6.65. The Hall–Kier alpha value is -2.31. The van der Waals surface area contributed by atoms with Crippen LogP contribution in [-0.4, -0.2) is 23.1 Å². The number of aryl methyl sites for hydroxylation is 1. The van der Waals surface area contributed by atoms with Crippen molar-refractivity contribution in [3.05, 3.63) is 42.4 Å². The number of oxazole rings is 1. The zero-order valence-corrected chi connectivity index (χ0v) is 14.3. The highest BCUT2D eigenvalue weighted by molar-refractivity contribution is 5.76. The number of carbonyl (C=O) groups excluding carboxylic acids is 1. The second-order valence-corrected chi connectivity index (χ2v) is 6.65. The topological polar surface area (TPSA) is 55.1 Å². The van der Waals surface area contributed by atoms with Gasteiger partial charge in [-0.3, -0.25) is 4.79 Å². The summed E-state index contributed by atoms with van der Waals surface area (Å²) >= 11 is 0. The number of nitrogens with zero attached hydrogens (tertiary/aromatic N) is 1. The molecule has 140 valence electrons. The summed E-state index contributed by atoms with van der Waals surface area (Å²) in [7, 11) is 0. The van der Waals surface area contributed by atoms with Gasteiger partial charge in [-0.15, -0.1) is 0 Å². The zero-order chi connectivity index (χ0) is 18.6. The maximum atomic E-state index is 12.8. The van der Waals surface area contributed by atoms with E-state index in [-0.39, 0.29) is 25.2 Å². The second kappa shape index (κ2) is 7.93. The Morgan fingerprint density at radius 3 is 2.73 bits per heavy atom. The molecule has 0 radical (unpaired) electrons. The van der Waals surface area contributed by atoms with Crippen LogP contribution in [0.15, 0.2) is 40.9 Å². The fraction of sp³-hybridized carbons (Fsp3) is 0.474. The van der Waals surface area contributed by atoms with Crippen LogP contribution in [0.4, 0.5) is 13.2 Å². The molecule has 3 rings (SSSR count). The zero-order valence-electron chi connectivity index (χ0n) is 14.3. The number of benzene rings is 1. The van der Waals surface area contributed by atoms with E-state index in [4.69, 9.17) is 4.42 Å². The van der Waals surface area contributed by atoms with E-state index in [1.165, 1.54) is 0 Å². The lowest BCUT2D eigenvalue weighted by molar-refractivity contribution is -0.184. The van der Waals surface area contributed by atoms with Crippen molar-refractivity contribution in [3.63, 3.8) is 0 Å². The largest absolute Gasteiger partial charge is 0.441 e. The number of nitrogens with one attached hydrogen (secondary N) is 1. The van der Waals surface area contributed by atoms with Gasteiger partial charge in [-0.25, -0.2) is 4.98 Å². The Bertz CT molecular complexity index is 728. The monoisotopic (exact) mass is 366 g/mol. The molecular weight excluding hydrogens is 345 g/mol. The van der Waals surface area contributed by atoms with Crippen LogP contribution in [0.3, 0.4) is 0 Å². The SMILES string of the molecule is O=C(CCc1ncc(-c2ccccc2)o1)N[C@H]1CCC[C@@H](C(F)(F)F)C1. The molecular formula is C19H21F3N2O2. The first-order valence-corrected chi connectivity index (χ1v) is 8.78. The molecule has 0 bridgehead atoms. The molecule has 0 saturated heterocycles. The standard InChI is InChI=1S/C19H21F3N2O2/c20-19(21,22)14-7-4-8-15(11-14)24-17(25)9-10-18-23-12-16(26-18)13-5-2-1-3-6-13/h1-3,5-6,12,14-15H,4,7-11H2,(H,24,25)/t14-,15+/m1/s1. The predicted molar refractivity (Wildman–Crippen MR) is 90.2 cm³/mol. The van der Waals surface area contributed by atoms with Crippen molar-refractivity contribution in [1.82, 2.24) is 10.3 Å². The molecule has 1 aliphatic carbocycles. The first kappa shape index (κ1) is 18.5. The Balaban J connectivity index is 1.48. The third kappa shape index (κ3) is 4.86. The molecule has 1 heterocycles. The molecule has 26 heavy (non-hydrogen) atoms. The molecule has 1 aromatic carbocycles. The van der Waals surface area contributed by atoms with Gasteiger partial charge in [-0.2, -0.15) is 13.2 Å². The van der Waals surface area contributed by atoms with E-state index in [9.17, 15) is 18.0 Å². The van der Waals surface area contributed by atoms with Crippen molar-refractivity contribution in [2.24, 2.45) is 5.92 Å². The number of hydrogen-bond donors (Lipinski definition) is 1. The van der Waals surface area contributed by atoms with E-state index in [2.05, 4.69) is 10.3 Å². The number of carbonyl (C=O) groups is 1. The predicted octanol–water partition coefficient (Wildman–Crippen LogP) is 4.51. The first-order chi connectivity index (χ1) is 12.4. The molecule has 2 aromatic rings. The van der Waals surface area contributed by atoms with Crippen LogP contribution in [0.5, 0.6) is 0 Å². The van der Waals surface area contributed by atoms with Crippen molar-refractivity contribution < 1.29 is 22.4 Å². The molecule has 1 saturated carbocycles. The van der Waals surface area contributed by atoms with Gasteiger partial charge >= 0.3 is 6.18 Å². The van der Waals surface area contributed by atoms with Crippen LogP contribution >= 0.6 is 0 Å². The van der Waals surface area contributed by atoms with Crippen LogP contribution in [0.25, 0.3) is 11.3 Å². The van der Waals surface area contributed by atoms with Crippen molar-refractivity contribution in [1.29, 1.82) is 0 Å². The van der Waals surface area contributed by atoms with Crippen molar-refractivity contribution in [2.75, 3.05) is 0 Å². The molecule has 1 aromatic heterocycles. The third-order valence-electron chi connectivity index (χ3n) is 4.68. The fourth-order valence-electron chi connectivity index (χ4n) is 3.30. The molecule has 0 aliphatic heterocycles. The highest BCUT2D eigenvalue weighted by atomic mass is 19.4. The number of amides is 1. The van der Waals surface area contributed by atoms with E-state index in [0.29, 0.717) is 30.9 Å². The number of aromatic nitrogens is 1. The molecule has 1 N–H and O–H groups in total. The number of halogens is 3. The van der Waals surface area contributed by atoms with Gasteiger partial charge in [0.1, 0.15) is 0 Å². The van der Waals surface area contributed by atoms with Gasteiger partial charge in [0.05, 0.1) is 12.1 Å². The third-order valence-corrected chi connectivity index (χ3v) is 4.68. The smallest absolute Gasteiger partial charge is 0.391 e. The van der Waals surface area contributed by atoms with E-state index in [1.807, 2.05) is 30.3 Å². The van der Waals surface area contributed by atoms with Gasteiger partial charge in [0.15, 0.2) is 11.7 Å². The lowest BCUT2D eigenvalue weighted by atomic mass is 9.85. The summed E-state index contributed by atoms with van der Waals surface area (Å²) in [5.41, 5.74) is 0.899. The normalized spacial score (nSPS) is 20.7. The molecule has 4 nitrogen and oxygen atoms in total. The summed E-state index contributed by atoms with van der Waals surface area (Å²) in [5.74, 6) is -0.517. The average Bonchev–Trinajstić information content (AvgIpc) is 3.09.